The Labute approximate surface area is 109 Å². The molecule has 0 unspecified atom stereocenters. The van der Waals surface area contributed by atoms with Crippen molar-refractivity contribution in [2.75, 3.05) is 6.61 Å². The molecule has 1 aliphatic rings. The molecule has 1 N–H and O–H groups in total. The van der Waals surface area contributed by atoms with Gasteiger partial charge in [0.1, 0.15) is 6.10 Å². The summed E-state index contributed by atoms with van der Waals surface area (Å²) in [4.78, 5) is 11.9. The van der Waals surface area contributed by atoms with Crippen molar-refractivity contribution < 1.29 is 9.53 Å². The molecule has 0 aliphatic carbocycles. The average molecular weight is 247 g/mol. The standard InChI is InChI=1S/C15H21NO2/c1-3-12-6-8-13(9-7-12)11(2)16-15(17)14-5-4-10-18-14/h6-9,11,14H,3-5,10H2,1-2H3,(H,16,17)/t11-,14+/m0/s1. The summed E-state index contributed by atoms with van der Waals surface area (Å²) in [6.45, 7) is 4.85. The second kappa shape index (κ2) is 6.01. The van der Waals surface area contributed by atoms with Crippen LogP contribution in [0.4, 0.5) is 0 Å². The highest BCUT2D eigenvalue weighted by molar-refractivity contribution is 5.81. The summed E-state index contributed by atoms with van der Waals surface area (Å²) < 4.78 is 5.38. The molecule has 18 heavy (non-hydrogen) atoms. The van der Waals surface area contributed by atoms with Crippen LogP contribution in [0, 0.1) is 0 Å². The lowest BCUT2D eigenvalue weighted by Crippen LogP contribution is -2.35. The van der Waals surface area contributed by atoms with E-state index < -0.39 is 0 Å². The van der Waals surface area contributed by atoms with Crippen molar-refractivity contribution in [1.82, 2.24) is 5.32 Å². The molecule has 3 nitrogen and oxygen atoms in total. The van der Waals surface area contributed by atoms with Gasteiger partial charge in [-0.1, -0.05) is 31.2 Å². The van der Waals surface area contributed by atoms with Crippen LogP contribution < -0.4 is 5.32 Å². The van der Waals surface area contributed by atoms with Gasteiger partial charge in [0.25, 0.3) is 0 Å². The van der Waals surface area contributed by atoms with E-state index in [9.17, 15) is 4.79 Å². The third-order valence-electron chi connectivity index (χ3n) is 3.47. The van der Waals surface area contributed by atoms with E-state index in [1.807, 2.05) is 6.92 Å². The lowest BCUT2D eigenvalue weighted by Gasteiger charge is -2.17. The highest BCUT2D eigenvalue weighted by atomic mass is 16.5. The number of aryl methyl sites for hydroxylation is 1. The van der Waals surface area contributed by atoms with Crippen LogP contribution in [-0.4, -0.2) is 18.6 Å². The molecular weight excluding hydrogens is 226 g/mol. The second-order valence-corrected chi connectivity index (χ2v) is 4.83. The number of carbonyl (C=O) groups excluding carboxylic acids is 1. The lowest BCUT2D eigenvalue weighted by molar-refractivity contribution is -0.130. The molecule has 0 spiro atoms. The third-order valence-corrected chi connectivity index (χ3v) is 3.47. The molecule has 1 fully saturated rings. The summed E-state index contributed by atoms with van der Waals surface area (Å²) in [7, 11) is 0. The van der Waals surface area contributed by atoms with E-state index in [0.29, 0.717) is 6.61 Å². The summed E-state index contributed by atoms with van der Waals surface area (Å²) in [5.41, 5.74) is 2.45. The zero-order chi connectivity index (χ0) is 13.0. The lowest BCUT2D eigenvalue weighted by atomic mass is 10.0. The molecule has 0 saturated carbocycles. The minimum Gasteiger partial charge on any atom is -0.368 e. The molecule has 0 radical (unpaired) electrons. The molecule has 1 aliphatic heterocycles. The monoisotopic (exact) mass is 247 g/mol. The molecular formula is C15H21NO2. The first-order valence-electron chi connectivity index (χ1n) is 6.71. The normalized spacial score (nSPS) is 20.7. The number of carbonyl (C=O) groups is 1. The molecule has 1 heterocycles. The van der Waals surface area contributed by atoms with Crippen molar-refractivity contribution in [2.24, 2.45) is 0 Å². The van der Waals surface area contributed by atoms with Gasteiger partial charge in [-0.3, -0.25) is 4.79 Å². The summed E-state index contributed by atoms with van der Waals surface area (Å²) in [6.07, 6.45) is 2.62. The van der Waals surface area contributed by atoms with Crippen LogP contribution in [-0.2, 0) is 16.0 Å². The Kier molecular flexibility index (Phi) is 4.37. The van der Waals surface area contributed by atoms with Crippen molar-refractivity contribution in [3.05, 3.63) is 35.4 Å². The molecule has 1 saturated heterocycles. The van der Waals surface area contributed by atoms with Gasteiger partial charge in [0, 0.05) is 6.61 Å². The largest absolute Gasteiger partial charge is 0.368 e. The van der Waals surface area contributed by atoms with E-state index in [4.69, 9.17) is 4.74 Å². The van der Waals surface area contributed by atoms with Crippen molar-refractivity contribution in [2.45, 2.75) is 45.3 Å². The van der Waals surface area contributed by atoms with Crippen molar-refractivity contribution >= 4 is 5.91 Å². The number of hydrogen-bond donors (Lipinski definition) is 1. The van der Waals surface area contributed by atoms with Gasteiger partial charge in [0.2, 0.25) is 5.91 Å². The van der Waals surface area contributed by atoms with Crippen LogP contribution in [0.2, 0.25) is 0 Å². The SMILES string of the molecule is CCc1ccc([C@H](C)NC(=O)[C@H]2CCCO2)cc1. The van der Waals surface area contributed by atoms with Crippen LogP contribution in [0.5, 0.6) is 0 Å². The van der Waals surface area contributed by atoms with Crippen molar-refractivity contribution in [1.29, 1.82) is 0 Å². The second-order valence-electron chi connectivity index (χ2n) is 4.83. The Balaban J connectivity index is 1.93. The Morgan fingerprint density at radius 2 is 2.17 bits per heavy atom. The van der Waals surface area contributed by atoms with Crippen LogP contribution in [0.25, 0.3) is 0 Å². The fourth-order valence-electron chi connectivity index (χ4n) is 2.22. The maximum absolute atomic E-state index is 11.9. The van der Waals surface area contributed by atoms with Crippen LogP contribution in [0.1, 0.15) is 43.9 Å². The Bertz CT molecular complexity index is 393. The molecule has 98 valence electrons. The van der Waals surface area contributed by atoms with Gasteiger partial charge in [0.15, 0.2) is 0 Å². The molecule has 0 bridgehead atoms. The quantitative estimate of drug-likeness (QED) is 0.888. The van der Waals surface area contributed by atoms with E-state index in [0.717, 1.165) is 24.8 Å². The number of ether oxygens (including phenoxy) is 1. The summed E-state index contributed by atoms with van der Waals surface area (Å²) in [6, 6.07) is 8.43. The van der Waals surface area contributed by atoms with Crippen molar-refractivity contribution in [3.8, 4) is 0 Å². The summed E-state index contributed by atoms with van der Waals surface area (Å²) >= 11 is 0. The zero-order valence-corrected chi connectivity index (χ0v) is 11.1. The van der Waals surface area contributed by atoms with Gasteiger partial charge in [-0.25, -0.2) is 0 Å². The van der Waals surface area contributed by atoms with Crippen LogP contribution in [0.3, 0.4) is 0 Å². The third kappa shape index (κ3) is 3.10. The first kappa shape index (κ1) is 13.1. The van der Waals surface area contributed by atoms with Gasteiger partial charge in [0.05, 0.1) is 6.04 Å². The number of nitrogens with one attached hydrogen (secondary N) is 1. The number of amides is 1. The topological polar surface area (TPSA) is 38.3 Å². The molecule has 1 aromatic carbocycles. The first-order valence-corrected chi connectivity index (χ1v) is 6.71. The smallest absolute Gasteiger partial charge is 0.249 e. The Morgan fingerprint density at radius 3 is 2.72 bits per heavy atom. The fourth-order valence-corrected chi connectivity index (χ4v) is 2.22. The highest BCUT2D eigenvalue weighted by Gasteiger charge is 2.24. The molecule has 1 amide bonds. The zero-order valence-electron chi connectivity index (χ0n) is 11.1. The van der Waals surface area contributed by atoms with Gasteiger partial charge in [-0.15, -0.1) is 0 Å². The predicted octanol–water partition coefficient (Wildman–Crippen LogP) is 2.61. The van der Waals surface area contributed by atoms with Crippen LogP contribution >= 0.6 is 0 Å². The fraction of sp³-hybridized carbons (Fsp3) is 0.533. The minimum atomic E-state index is -0.248. The maximum Gasteiger partial charge on any atom is 0.249 e. The predicted molar refractivity (Wildman–Crippen MR) is 71.4 cm³/mol. The van der Waals surface area contributed by atoms with Crippen LogP contribution in [0.15, 0.2) is 24.3 Å². The average Bonchev–Trinajstić information content (AvgIpc) is 2.92. The highest BCUT2D eigenvalue weighted by Crippen LogP contribution is 2.16. The minimum absolute atomic E-state index is 0.0135. The van der Waals surface area contributed by atoms with Gasteiger partial charge in [-0.05, 0) is 37.3 Å². The van der Waals surface area contributed by atoms with E-state index in [1.54, 1.807) is 0 Å². The number of benzene rings is 1. The number of hydrogen-bond acceptors (Lipinski definition) is 2. The maximum atomic E-state index is 11.9. The molecule has 0 aromatic heterocycles. The van der Waals surface area contributed by atoms with Gasteiger partial charge >= 0.3 is 0 Å². The Hall–Kier alpha value is -1.35. The Morgan fingerprint density at radius 1 is 1.44 bits per heavy atom. The summed E-state index contributed by atoms with van der Waals surface area (Å²) in [5, 5.41) is 3.01. The first-order chi connectivity index (χ1) is 8.70. The van der Waals surface area contributed by atoms with Gasteiger partial charge < -0.3 is 10.1 Å². The van der Waals surface area contributed by atoms with E-state index >= 15 is 0 Å². The van der Waals surface area contributed by atoms with E-state index in [-0.39, 0.29) is 18.1 Å². The van der Waals surface area contributed by atoms with E-state index in [1.165, 1.54) is 5.56 Å². The van der Waals surface area contributed by atoms with E-state index in [2.05, 4.69) is 36.5 Å². The number of rotatable bonds is 4. The molecule has 2 atom stereocenters. The molecule has 1 aromatic rings. The molecule has 3 heteroatoms. The molecule has 2 rings (SSSR count). The van der Waals surface area contributed by atoms with Gasteiger partial charge in [-0.2, -0.15) is 0 Å². The summed E-state index contributed by atoms with van der Waals surface area (Å²) in [5.74, 6) is 0.0135. The van der Waals surface area contributed by atoms with Crippen molar-refractivity contribution in [3.63, 3.8) is 0 Å².